The van der Waals surface area contributed by atoms with E-state index in [1.165, 1.54) is 0 Å². The van der Waals surface area contributed by atoms with E-state index in [2.05, 4.69) is 9.97 Å². The molecule has 0 aliphatic carbocycles. The van der Waals surface area contributed by atoms with Crippen LogP contribution in [0.1, 0.15) is 23.2 Å². The van der Waals surface area contributed by atoms with Crippen LogP contribution in [0.15, 0.2) is 30.7 Å². The predicted octanol–water partition coefficient (Wildman–Crippen LogP) is 2.47. The second kappa shape index (κ2) is 6.73. The molecule has 0 aliphatic heterocycles. The molecule has 0 atom stereocenters. The Kier molecular flexibility index (Phi) is 4.72. The number of H-pyrrole nitrogens is 1. The van der Waals surface area contributed by atoms with E-state index in [0.29, 0.717) is 13.0 Å². The van der Waals surface area contributed by atoms with E-state index < -0.39 is 0 Å². The second-order valence-electron chi connectivity index (χ2n) is 4.49. The molecule has 0 spiro atoms. The minimum atomic E-state index is 0.464. The highest BCUT2D eigenvalue weighted by Crippen LogP contribution is 2.17. The van der Waals surface area contributed by atoms with Gasteiger partial charge in [0.1, 0.15) is 12.0 Å². The number of nitrogens with zero attached hydrogens (tertiary/aromatic N) is 1. The van der Waals surface area contributed by atoms with E-state index in [9.17, 15) is 4.79 Å². The quantitative estimate of drug-likeness (QED) is 0.613. The summed E-state index contributed by atoms with van der Waals surface area (Å²) in [6, 6.07) is 5.85. The van der Waals surface area contributed by atoms with Gasteiger partial charge in [0.05, 0.1) is 12.9 Å². The molecular formula is C15H18N2O2. The van der Waals surface area contributed by atoms with Gasteiger partial charge in [0.15, 0.2) is 0 Å². The summed E-state index contributed by atoms with van der Waals surface area (Å²) in [5.74, 6) is 0.858. The number of hydrogen-bond acceptors (Lipinski definition) is 3. The molecule has 0 amide bonds. The maximum absolute atomic E-state index is 10.5. The van der Waals surface area contributed by atoms with E-state index in [0.717, 1.165) is 41.7 Å². The molecule has 1 aromatic carbocycles. The zero-order valence-electron chi connectivity index (χ0n) is 11.1. The number of aryl methyl sites for hydroxylation is 2. The lowest BCUT2D eigenvalue weighted by molar-refractivity contribution is -0.107. The van der Waals surface area contributed by atoms with Gasteiger partial charge in [-0.15, -0.1) is 0 Å². The largest absolute Gasteiger partial charge is 0.494 e. The molecule has 100 valence electrons. The van der Waals surface area contributed by atoms with Gasteiger partial charge in [-0.1, -0.05) is 6.07 Å². The van der Waals surface area contributed by atoms with Gasteiger partial charge in [-0.2, -0.15) is 0 Å². The molecule has 0 saturated heterocycles. The van der Waals surface area contributed by atoms with Gasteiger partial charge >= 0.3 is 0 Å². The molecule has 0 unspecified atom stereocenters. The molecule has 0 saturated carbocycles. The Bertz CT molecular complexity index is 521. The van der Waals surface area contributed by atoms with Crippen molar-refractivity contribution in [3.05, 3.63) is 47.5 Å². The van der Waals surface area contributed by atoms with Crippen LogP contribution in [0, 0.1) is 6.92 Å². The van der Waals surface area contributed by atoms with Crippen LogP contribution in [0.2, 0.25) is 0 Å². The molecule has 0 aliphatic rings. The molecule has 2 rings (SSSR count). The van der Waals surface area contributed by atoms with Crippen LogP contribution >= 0.6 is 0 Å². The van der Waals surface area contributed by atoms with Crippen LogP contribution < -0.4 is 4.74 Å². The minimum Gasteiger partial charge on any atom is -0.494 e. The van der Waals surface area contributed by atoms with Crippen LogP contribution in [0.3, 0.4) is 0 Å². The zero-order chi connectivity index (χ0) is 13.5. The number of carbonyl (C=O) groups is 1. The normalized spacial score (nSPS) is 10.4. The number of nitrogens with one attached hydrogen (secondary N) is 1. The summed E-state index contributed by atoms with van der Waals surface area (Å²) >= 11 is 0. The lowest BCUT2D eigenvalue weighted by atomic mass is 10.1. The van der Waals surface area contributed by atoms with Crippen molar-refractivity contribution in [1.82, 2.24) is 9.97 Å². The molecule has 1 heterocycles. The average Bonchev–Trinajstić information content (AvgIpc) is 2.91. The number of benzene rings is 1. The molecule has 2 aromatic rings. The summed E-state index contributed by atoms with van der Waals surface area (Å²) in [5.41, 5.74) is 3.28. The lowest BCUT2D eigenvalue weighted by Crippen LogP contribution is -2.00. The van der Waals surface area contributed by atoms with Crippen molar-refractivity contribution in [2.24, 2.45) is 0 Å². The highest BCUT2D eigenvalue weighted by Gasteiger charge is 2.01. The Morgan fingerprint density at radius 2 is 2.32 bits per heavy atom. The molecule has 1 aromatic heterocycles. The fraction of sp³-hybridized carbons (Fsp3) is 0.333. The monoisotopic (exact) mass is 258 g/mol. The second-order valence-corrected chi connectivity index (χ2v) is 4.49. The topological polar surface area (TPSA) is 55.0 Å². The standard InChI is InChI=1S/C15H18N2O2/c1-12-9-15(5-4-13(12)6-7-18)19-8-2-3-14-10-16-11-17-14/h4-5,7,9-11H,2-3,6,8H2,1H3,(H,16,17). The first-order chi connectivity index (χ1) is 9.29. The van der Waals surface area contributed by atoms with E-state index in [4.69, 9.17) is 4.74 Å². The molecule has 4 heteroatoms. The lowest BCUT2D eigenvalue weighted by Gasteiger charge is -2.08. The van der Waals surface area contributed by atoms with Gasteiger partial charge in [-0.25, -0.2) is 4.98 Å². The van der Waals surface area contributed by atoms with Crippen LogP contribution in [0.5, 0.6) is 5.75 Å². The molecular weight excluding hydrogens is 240 g/mol. The summed E-state index contributed by atoms with van der Waals surface area (Å²) < 4.78 is 5.70. The highest BCUT2D eigenvalue weighted by atomic mass is 16.5. The maximum atomic E-state index is 10.5. The highest BCUT2D eigenvalue weighted by molar-refractivity contribution is 5.56. The van der Waals surface area contributed by atoms with Gasteiger partial charge in [0, 0.05) is 18.3 Å². The van der Waals surface area contributed by atoms with Crippen molar-refractivity contribution in [3.8, 4) is 5.75 Å². The van der Waals surface area contributed by atoms with Crippen molar-refractivity contribution >= 4 is 6.29 Å². The minimum absolute atomic E-state index is 0.464. The molecule has 0 fully saturated rings. The van der Waals surface area contributed by atoms with Crippen LogP contribution in [0.4, 0.5) is 0 Å². The SMILES string of the molecule is Cc1cc(OCCCc2cnc[nH]2)ccc1CC=O. The van der Waals surface area contributed by atoms with Crippen molar-refractivity contribution in [3.63, 3.8) is 0 Å². The van der Waals surface area contributed by atoms with Crippen LogP contribution in [0.25, 0.3) is 0 Å². The third-order valence-electron chi connectivity index (χ3n) is 3.03. The number of hydrogen-bond donors (Lipinski definition) is 1. The summed E-state index contributed by atoms with van der Waals surface area (Å²) in [5, 5.41) is 0. The first kappa shape index (κ1) is 13.3. The summed E-state index contributed by atoms with van der Waals surface area (Å²) in [4.78, 5) is 17.5. The molecule has 0 radical (unpaired) electrons. The smallest absolute Gasteiger partial charge is 0.124 e. The predicted molar refractivity (Wildman–Crippen MR) is 73.4 cm³/mol. The van der Waals surface area contributed by atoms with Gasteiger partial charge in [-0.3, -0.25) is 0 Å². The van der Waals surface area contributed by atoms with Crippen molar-refractivity contribution in [1.29, 1.82) is 0 Å². The first-order valence-corrected chi connectivity index (χ1v) is 6.43. The Hall–Kier alpha value is -2.10. The number of rotatable bonds is 7. The Balaban J connectivity index is 1.79. The van der Waals surface area contributed by atoms with Gasteiger partial charge in [0.25, 0.3) is 0 Å². The zero-order valence-corrected chi connectivity index (χ0v) is 11.1. The maximum Gasteiger partial charge on any atom is 0.124 e. The molecule has 1 N–H and O–H groups in total. The number of ether oxygens (including phenoxy) is 1. The Morgan fingerprint density at radius 3 is 3.00 bits per heavy atom. The fourth-order valence-corrected chi connectivity index (χ4v) is 1.95. The van der Waals surface area contributed by atoms with E-state index in [1.54, 1.807) is 6.33 Å². The third kappa shape index (κ3) is 3.95. The Labute approximate surface area is 112 Å². The van der Waals surface area contributed by atoms with Crippen molar-refractivity contribution in [2.75, 3.05) is 6.61 Å². The Morgan fingerprint density at radius 1 is 1.42 bits per heavy atom. The number of aldehydes is 1. The average molecular weight is 258 g/mol. The summed E-state index contributed by atoms with van der Waals surface area (Å²) in [6.07, 6.45) is 6.78. The first-order valence-electron chi connectivity index (χ1n) is 6.43. The third-order valence-corrected chi connectivity index (χ3v) is 3.03. The fourth-order valence-electron chi connectivity index (χ4n) is 1.95. The summed E-state index contributed by atoms with van der Waals surface area (Å²) in [6.45, 7) is 2.67. The van der Waals surface area contributed by atoms with Gasteiger partial charge in [-0.05, 0) is 43.0 Å². The summed E-state index contributed by atoms with van der Waals surface area (Å²) in [7, 11) is 0. The molecule has 0 bridgehead atoms. The number of carbonyl (C=O) groups excluding carboxylic acids is 1. The molecule has 4 nitrogen and oxygen atoms in total. The van der Waals surface area contributed by atoms with Crippen LogP contribution in [-0.4, -0.2) is 22.9 Å². The van der Waals surface area contributed by atoms with Crippen molar-refractivity contribution in [2.45, 2.75) is 26.2 Å². The van der Waals surface area contributed by atoms with E-state index in [-0.39, 0.29) is 0 Å². The number of aromatic nitrogens is 2. The van der Waals surface area contributed by atoms with E-state index >= 15 is 0 Å². The van der Waals surface area contributed by atoms with E-state index in [1.807, 2.05) is 31.3 Å². The number of aromatic amines is 1. The molecule has 19 heavy (non-hydrogen) atoms. The van der Waals surface area contributed by atoms with Gasteiger partial charge < -0.3 is 14.5 Å². The van der Waals surface area contributed by atoms with Crippen LogP contribution in [-0.2, 0) is 17.6 Å². The van der Waals surface area contributed by atoms with Gasteiger partial charge in [0.2, 0.25) is 0 Å². The number of imidazole rings is 1. The van der Waals surface area contributed by atoms with Crippen molar-refractivity contribution < 1.29 is 9.53 Å².